The minimum Gasteiger partial charge on any atom is -0.354 e. The number of hydrogen-bond donors (Lipinski definition) is 3. The Morgan fingerprint density at radius 1 is 1.33 bits per heavy atom. The second-order valence-electron chi connectivity index (χ2n) is 6.55. The lowest BCUT2D eigenvalue weighted by atomic mass is 10.1. The van der Waals surface area contributed by atoms with Gasteiger partial charge in [0.05, 0.1) is 0 Å². The molecule has 7 nitrogen and oxygen atoms in total. The first kappa shape index (κ1) is 19.0. The van der Waals surface area contributed by atoms with Crippen molar-refractivity contribution in [2.75, 3.05) is 11.9 Å². The molecule has 0 spiro atoms. The number of rotatable bonds is 9. The normalized spacial score (nSPS) is 13.2. The highest BCUT2D eigenvalue weighted by Crippen LogP contribution is 2.38. The third kappa shape index (κ3) is 5.37. The smallest absolute Gasteiger partial charge is 0.247 e. The van der Waals surface area contributed by atoms with E-state index in [4.69, 9.17) is 12.2 Å². The molecule has 3 N–H and O–H groups in total. The summed E-state index contributed by atoms with van der Waals surface area (Å²) in [6, 6.07) is 7.43. The van der Waals surface area contributed by atoms with Crippen LogP contribution < -0.4 is 10.6 Å². The predicted octanol–water partition coefficient (Wildman–Crippen LogP) is 2.69. The topological polar surface area (TPSA) is 91.8 Å². The number of aromatic nitrogens is 3. The highest BCUT2D eigenvalue weighted by atomic mass is 32.1. The minimum absolute atomic E-state index is 0.00187. The van der Waals surface area contributed by atoms with Crippen LogP contribution in [0.2, 0.25) is 0 Å². The number of aryl methyl sites for hydroxylation is 1. The van der Waals surface area contributed by atoms with Crippen LogP contribution in [0.5, 0.6) is 0 Å². The third-order valence-corrected chi connectivity index (χ3v) is 4.75. The lowest BCUT2D eigenvalue weighted by molar-refractivity contribution is -0.121. The summed E-state index contributed by atoms with van der Waals surface area (Å²) in [6.45, 7) is 4.57. The molecule has 1 saturated carbocycles. The molecule has 1 aromatic heterocycles. The number of anilines is 1. The maximum Gasteiger partial charge on any atom is 0.247 e. The van der Waals surface area contributed by atoms with Crippen molar-refractivity contribution in [3.05, 3.63) is 53.1 Å². The van der Waals surface area contributed by atoms with Crippen LogP contribution in [-0.2, 0) is 22.6 Å². The van der Waals surface area contributed by atoms with Gasteiger partial charge in [-0.15, -0.1) is 0 Å². The Morgan fingerprint density at radius 2 is 2.07 bits per heavy atom. The monoisotopic (exact) mass is 385 g/mol. The van der Waals surface area contributed by atoms with Crippen LogP contribution in [0.15, 0.2) is 36.9 Å². The van der Waals surface area contributed by atoms with Crippen molar-refractivity contribution in [3.63, 3.8) is 0 Å². The minimum atomic E-state index is -0.246. The lowest BCUT2D eigenvalue weighted by Crippen LogP contribution is -2.27. The van der Waals surface area contributed by atoms with Gasteiger partial charge in [0, 0.05) is 31.1 Å². The molecule has 2 amide bonds. The standard InChI is InChI=1S/C19H23N5O2S/c1-2-16(25)21-15-8-3-13(4-9-15)5-10-17(26)20-11-12-24-18(14-6-7-14)22-23-19(24)27/h2-4,8-9,14H,1,5-7,10-12H2,(H,20,26)(H,21,25)(H,23,27). The van der Waals surface area contributed by atoms with Crippen LogP contribution in [-0.4, -0.2) is 33.1 Å². The highest BCUT2D eigenvalue weighted by Gasteiger charge is 2.28. The molecule has 0 atom stereocenters. The SMILES string of the molecule is C=CC(=O)Nc1ccc(CCC(=O)NCCn2c(C3CC3)n[nH]c2=S)cc1. The van der Waals surface area contributed by atoms with E-state index >= 15 is 0 Å². The Bertz CT molecular complexity index is 880. The van der Waals surface area contributed by atoms with Crippen LogP contribution in [0.4, 0.5) is 5.69 Å². The van der Waals surface area contributed by atoms with E-state index < -0.39 is 0 Å². The largest absolute Gasteiger partial charge is 0.354 e. The van der Waals surface area contributed by atoms with Gasteiger partial charge in [0.25, 0.3) is 0 Å². The van der Waals surface area contributed by atoms with Crippen molar-refractivity contribution < 1.29 is 9.59 Å². The molecule has 2 aromatic rings. The van der Waals surface area contributed by atoms with Crippen LogP contribution in [0.3, 0.4) is 0 Å². The van der Waals surface area contributed by atoms with Gasteiger partial charge in [0.1, 0.15) is 5.82 Å². The van der Waals surface area contributed by atoms with Crippen LogP contribution >= 0.6 is 12.2 Å². The molecule has 8 heteroatoms. The number of H-pyrrole nitrogens is 1. The highest BCUT2D eigenvalue weighted by molar-refractivity contribution is 7.71. The second kappa shape index (κ2) is 8.77. The van der Waals surface area contributed by atoms with Gasteiger partial charge >= 0.3 is 0 Å². The molecule has 0 saturated heterocycles. The molecule has 1 aromatic carbocycles. The van der Waals surface area contributed by atoms with Gasteiger partial charge in [-0.1, -0.05) is 18.7 Å². The molecule has 1 heterocycles. The Hall–Kier alpha value is -2.74. The number of aromatic amines is 1. The fraction of sp³-hybridized carbons (Fsp3) is 0.368. The van der Waals surface area contributed by atoms with Crippen molar-refractivity contribution >= 4 is 29.7 Å². The summed E-state index contributed by atoms with van der Waals surface area (Å²) in [5.74, 6) is 1.26. The Morgan fingerprint density at radius 3 is 2.74 bits per heavy atom. The Kier molecular flexibility index (Phi) is 6.18. The van der Waals surface area contributed by atoms with E-state index in [1.165, 1.54) is 6.08 Å². The fourth-order valence-corrected chi connectivity index (χ4v) is 3.03. The van der Waals surface area contributed by atoms with Crippen molar-refractivity contribution in [2.24, 2.45) is 0 Å². The van der Waals surface area contributed by atoms with E-state index in [0.29, 0.717) is 42.3 Å². The molecule has 1 aliphatic rings. The Balaban J connectivity index is 1.41. The predicted molar refractivity (Wildman–Crippen MR) is 106 cm³/mol. The van der Waals surface area contributed by atoms with Gasteiger partial charge in [-0.25, -0.2) is 0 Å². The molecular formula is C19H23N5O2S. The molecule has 3 rings (SSSR count). The zero-order chi connectivity index (χ0) is 19.2. The molecule has 0 radical (unpaired) electrons. The number of amides is 2. The summed E-state index contributed by atoms with van der Waals surface area (Å²) in [4.78, 5) is 23.3. The number of benzene rings is 1. The first-order valence-electron chi connectivity index (χ1n) is 9.01. The number of hydrogen-bond acceptors (Lipinski definition) is 4. The van der Waals surface area contributed by atoms with E-state index in [2.05, 4.69) is 27.4 Å². The van der Waals surface area contributed by atoms with E-state index in [0.717, 1.165) is 24.2 Å². The molecule has 142 valence electrons. The van der Waals surface area contributed by atoms with Gasteiger partial charge in [-0.05, 0) is 55.3 Å². The van der Waals surface area contributed by atoms with Crippen LogP contribution in [0.1, 0.15) is 36.6 Å². The first-order chi connectivity index (χ1) is 13.1. The molecule has 27 heavy (non-hydrogen) atoms. The maximum absolute atomic E-state index is 12.1. The molecule has 1 aliphatic carbocycles. The zero-order valence-electron chi connectivity index (χ0n) is 15.0. The van der Waals surface area contributed by atoms with Crippen molar-refractivity contribution in [3.8, 4) is 0 Å². The maximum atomic E-state index is 12.1. The summed E-state index contributed by atoms with van der Waals surface area (Å²) < 4.78 is 2.58. The van der Waals surface area contributed by atoms with Gasteiger partial charge in [-0.2, -0.15) is 5.10 Å². The van der Waals surface area contributed by atoms with Gasteiger partial charge in [0.2, 0.25) is 11.8 Å². The van der Waals surface area contributed by atoms with Crippen molar-refractivity contribution in [1.29, 1.82) is 0 Å². The molecule has 0 bridgehead atoms. The third-order valence-electron chi connectivity index (χ3n) is 4.44. The van der Waals surface area contributed by atoms with Gasteiger partial charge in [-0.3, -0.25) is 14.7 Å². The van der Waals surface area contributed by atoms with Gasteiger partial charge in [0.15, 0.2) is 4.77 Å². The molecule has 1 fully saturated rings. The average Bonchev–Trinajstić information content (AvgIpc) is 3.45. The quantitative estimate of drug-likeness (QED) is 0.457. The number of nitrogens with one attached hydrogen (secondary N) is 3. The summed E-state index contributed by atoms with van der Waals surface area (Å²) in [5, 5.41) is 12.7. The van der Waals surface area contributed by atoms with Gasteiger partial charge < -0.3 is 15.2 Å². The number of carbonyl (C=O) groups is 2. The average molecular weight is 385 g/mol. The summed E-state index contributed by atoms with van der Waals surface area (Å²) in [7, 11) is 0. The number of carbonyl (C=O) groups excluding carboxylic acids is 2. The van der Waals surface area contributed by atoms with E-state index in [-0.39, 0.29) is 11.8 Å². The van der Waals surface area contributed by atoms with E-state index in [1.807, 2.05) is 28.8 Å². The summed E-state index contributed by atoms with van der Waals surface area (Å²) in [5.41, 5.74) is 1.74. The zero-order valence-corrected chi connectivity index (χ0v) is 15.8. The van der Waals surface area contributed by atoms with E-state index in [1.54, 1.807) is 0 Å². The fourth-order valence-electron chi connectivity index (χ4n) is 2.80. The molecular weight excluding hydrogens is 362 g/mol. The van der Waals surface area contributed by atoms with Crippen molar-refractivity contribution in [2.45, 2.75) is 38.1 Å². The second-order valence-corrected chi connectivity index (χ2v) is 6.94. The molecule has 0 aliphatic heterocycles. The summed E-state index contributed by atoms with van der Waals surface area (Å²) >= 11 is 5.26. The molecule has 0 unspecified atom stereocenters. The lowest BCUT2D eigenvalue weighted by Gasteiger charge is -2.08. The van der Waals surface area contributed by atoms with Crippen LogP contribution in [0, 0.1) is 4.77 Å². The van der Waals surface area contributed by atoms with E-state index in [9.17, 15) is 9.59 Å². The summed E-state index contributed by atoms with van der Waals surface area (Å²) in [6.07, 6.45) is 4.58. The Labute approximate surface area is 162 Å². The van der Waals surface area contributed by atoms with Crippen molar-refractivity contribution in [1.82, 2.24) is 20.1 Å². The first-order valence-corrected chi connectivity index (χ1v) is 9.42. The number of nitrogens with zero attached hydrogens (tertiary/aromatic N) is 2. The van der Waals surface area contributed by atoms with Crippen LogP contribution in [0.25, 0.3) is 0 Å².